The van der Waals surface area contributed by atoms with Crippen LogP contribution in [-0.2, 0) is 0 Å². The summed E-state index contributed by atoms with van der Waals surface area (Å²) < 4.78 is 0. The summed E-state index contributed by atoms with van der Waals surface area (Å²) in [5.41, 5.74) is 5.95. The Balaban J connectivity index is 1.91. The minimum Gasteiger partial charge on any atom is -0.329 e. The van der Waals surface area contributed by atoms with Gasteiger partial charge in [-0.2, -0.15) is 0 Å². The van der Waals surface area contributed by atoms with E-state index in [1.807, 2.05) is 0 Å². The van der Waals surface area contributed by atoms with Gasteiger partial charge in [-0.05, 0) is 44.6 Å². The largest absolute Gasteiger partial charge is 0.329 e. The van der Waals surface area contributed by atoms with Crippen LogP contribution in [0.4, 0.5) is 0 Å². The third-order valence-electron chi connectivity index (χ3n) is 5.05. The first-order valence-corrected chi connectivity index (χ1v) is 7.81. The van der Waals surface area contributed by atoms with Gasteiger partial charge >= 0.3 is 0 Å². The fourth-order valence-corrected chi connectivity index (χ4v) is 3.86. The van der Waals surface area contributed by atoms with E-state index in [2.05, 4.69) is 11.8 Å². The number of rotatable bonds is 3. The van der Waals surface area contributed by atoms with Crippen LogP contribution in [0.5, 0.6) is 0 Å². The second kappa shape index (κ2) is 6.75. The molecule has 2 aliphatic rings. The summed E-state index contributed by atoms with van der Waals surface area (Å²) in [6.45, 7) is 4.53. The fourth-order valence-electron chi connectivity index (χ4n) is 3.86. The fraction of sp³-hybridized carbons (Fsp3) is 1.00. The van der Waals surface area contributed by atoms with E-state index in [1.165, 1.54) is 64.3 Å². The van der Waals surface area contributed by atoms with Crippen LogP contribution in [0.1, 0.15) is 64.7 Å². The molecule has 3 atom stereocenters. The summed E-state index contributed by atoms with van der Waals surface area (Å²) >= 11 is 0. The lowest BCUT2D eigenvalue weighted by Crippen LogP contribution is -2.49. The van der Waals surface area contributed by atoms with Crippen LogP contribution in [0.25, 0.3) is 0 Å². The zero-order valence-corrected chi connectivity index (χ0v) is 11.5. The second-order valence-corrected chi connectivity index (χ2v) is 6.06. The Hall–Kier alpha value is -0.0800. The molecular formula is C15H30N2. The van der Waals surface area contributed by atoms with Crippen molar-refractivity contribution in [2.75, 3.05) is 13.1 Å². The molecule has 2 N–H and O–H groups in total. The highest BCUT2D eigenvalue weighted by Gasteiger charge is 2.29. The second-order valence-electron chi connectivity index (χ2n) is 6.06. The van der Waals surface area contributed by atoms with E-state index in [4.69, 9.17) is 5.73 Å². The molecule has 0 bridgehead atoms. The zero-order valence-electron chi connectivity index (χ0n) is 11.5. The van der Waals surface area contributed by atoms with Gasteiger partial charge in [0.1, 0.15) is 0 Å². The van der Waals surface area contributed by atoms with Crippen LogP contribution >= 0.6 is 0 Å². The summed E-state index contributed by atoms with van der Waals surface area (Å²) in [5.74, 6) is 1.00. The summed E-state index contributed by atoms with van der Waals surface area (Å²) in [7, 11) is 0. The Morgan fingerprint density at radius 2 is 1.88 bits per heavy atom. The molecule has 1 saturated heterocycles. The van der Waals surface area contributed by atoms with Crippen molar-refractivity contribution in [3.63, 3.8) is 0 Å². The van der Waals surface area contributed by atoms with Gasteiger partial charge in [0, 0.05) is 18.6 Å². The van der Waals surface area contributed by atoms with E-state index < -0.39 is 0 Å². The minimum atomic E-state index is 0.687. The molecule has 1 saturated carbocycles. The van der Waals surface area contributed by atoms with E-state index >= 15 is 0 Å². The van der Waals surface area contributed by atoms with E-state index in [9.17, 15) is 0 Å². The number of nitrogens with zero attached hydrogens (tertiary/aromatic N) is 1. The van der Waals surface area contributed by atoms with Gasteiger partial charge in [0.2, 0.25) is 0 Å². The van der Waals surface area contributed by atoms with Crippen molar-refractivity contribution in [3.8, 4) is 0 Å². The molecule has 1 heterocycles. The van der Waals surface area contributed by atoms with Crippen LogP contribution in [0.3, 0.4) is 0 Å². The van der Waals surface area contributed by atoms with Crippen molar-refractivity contribution in [3.05, 3.63) is 0 Å². The highest BCUT2D eigenvalue weighted by Crippen LogP contribution is 2.31. The molecule has 0 spiro atoms. The number of hydrogen-bond donors (Lipinski definition) is 1. The molecule has 1 aliphatic heterocycles. The van der Waals surface area contributed by atoms with Crippen LogP contribution in [0, 0.1) is 5.92 Å². The first kappa shape index (κ1) is 13.4. The molecule has 0 amide bonds. The predicted octanol–water partition coefficient (Wildman–Crippen LogP) is 3.16. The molecular weight excluding hydrogens is 208 g/mol. The average molecular weight is 238 g/mol. The molecule has 2 heteroatoms. The molecule has 2 fully saturated rings. The monoisotopic (exact) mass is 238 g/mol. The number of hydrogen-bond acceptors (Lipinski definition) is 2. The third kappa shape index (κ3) is 3.45. The van der Waals surface area contributed by atoms with Crippen molar-refractivity contribution in [1.82, 2.24) is 4.90 Å². The average Bonchev–Trinajstić information content (AvgIpc) is 2.63. The number of piperidine rings is 1. The van der Waals surface area contributed by atoms with Gasteiger partial charge in [-0.1, -0.05) is 32.6 Å². The summed E-state index contributed by atoms with van der Waals surface area (Å²) in [6.07, 6.45) is 12.7. The van der Waals surface area contributed by atoms with Crippen molar-refractivity contribution >= 4 is 0 Å². The Morgan fingerprint density at radius 1 is 1.00 bits per heavy atom. The quantitative estimate of drug-likeness (QED) is 0.765. The van der Waals surface area contributed by atoms with E-state index in [1.54, 1.807) is 0 Å². The standard InChI is InChI=1S/C15H30N2/c1-2-13-6-5-8-14(10-9-13)17-11-4-3-7-15(17)12-16/h13-15H,2-12,16H2,1H3. The number of nitrogens with two attached hydrogens (primary N) is 1. The van der Waals surface area contributed by atoms with Crippen molar-refractivity contribution in [2.24, 2.45) is 11.7 Å². The lowest BCUT2D eigenvalue weighted by atomic mass is 9.95. The van der Waals surface area contributed by atoms with Gasteiger partial charge in [0.05, 0.1) is 0 Å². The van der Waals surface area contributed by atoms with Crippen LogP contribution in [-0.4, -0.2) is 30.1 Å². The minimum absolute atomic E-state index is 0.687. The Labute approximate surface area is 107 Å². The first-order chi connectivity index (χ1) is 8.35. The molecule has 0 radical (unpaired) electrons. The van der Waals surface area contributed by atoms with Gasteiger partial charge in [0.25, 0.3) is 0 Å². The molecule has 0 aromatic heterocycles. The van der Waals surface area contributed by atoms with E-state index in [-0.39, 0.29) is 0 Å². The van der Waals surface area contributed by atoms with Gasteiger partial charge in [-0.15, -0.1) is 0 Å². The highest BCUT2D eigenvalue weighted by molar-refractivity contribution is 4.85. The van der Waals surface area contributed by atoms with Gasteiger partial charge in [-0.3, -0.25) is 4.90 Å². The summed E-state index contributed by atoms with van der Waals surface area (Å²) in [5, 5.41) is 0. The molecule has 100 valence electrons. The van der Waals surface area contributed by atoms with Crippen molar-refractivity contribution in [2.45, 2.75) is 76.8 Å². The molecule has 17 heavy (non-hydrogen) atoms. The lowest BCUT2D eigenvalue weighted by Gasteiger charge is -2.40. The normalized spacial score (nSPS) is 36.7. The Morgan fingerprint density at radius 3 is 2.65 bits per heavy atom. The van der Waals surface area contributed by atoms with E-state index in [0.29, 0.717) is 6.04 Å². The summed E-state index contributed by atoms with van der Waals surface area (Å²) in [6, 6.07) is 1.53. The number of likely N-dealkylation sites (tertiary alicyclic amines) is 1. The maximum absolute atomic E-state index is 5.95. The molecule has 1 aliphatic carbocycles. The smallest absolute Gasteiger partial charge is 0.0221 e. The highest BCUT2D eigenvalue weighted by atomic mass is 15.2. The molecule has 2 rings (SSSR count). The molecule has 0 aromatic rings. The third-order valence-corrected chi connectivity index (χ3v) is 5.05. The maximum Gasteiger partial charge on any atom is 0.0221 e. The molecule has 3 unspecified atom stereocenters. The Bertz CT molecular complexity index is 217. The topological polar surface area (TPSA) is 29.3 Å². The van der Waals surface area contributed by atoms with E-state index in [0.717, 1.165) is 18.5 Å². The maximum atomic E-state index is 5.95. The van der Waals surface area contributed by atoms with Crippen LogP contribution in [0.15, 0.2) is 0 Å². The SMILES string of the molecule is CCC1CCCC(N2CCCCC2CN)CC1. The van der Waals surface area contributed by atoms with Crippen molar-refractivity contribution < 1.29 is 0 Å². The van der Waals surface area contributed by atoms with Gasteiger partial charge in [-0.25, -0.2) is 0 Å². The van der Waals surface area contributed by atoms with Crippen LogP contribution in [0.2, 0.25) is 0 Å². The molecule has 2 nitrogen and oxygen atoms in total. The van der Waals surface area contributed by atoms with Crippen molar-refractivity contribution in [1.29, 1.82) is 0 Å². The zero-order chi connectivity index (χ0) is 12.1. The van der Waals surface area contributed by atoms with Gasteiger partial charge in [0.15, 0.2) is 0 Å². The predicted molar refractivity (Wildman–Crippen MR) is 74.1 cm³/mol. The van der Waals surface area contributed by atoms with Gasteiger partial charge < -0.3 is 5.73 Å². The molecule has 0 aromatic carbocycles. The Kier molecular flexibility index (Phi) is 5.30. The lowest BCUT2D eigenvalue weighted by molar-refractivity contribution is 0.0889. The summed E-state index contributed by atoms with van der Waals surface area (Å²) in [4.78, 5) is 2.77. The van der Waals surface area contributed by atoms with Crippen LogP contribution < -0.4 is 5.73 Å². The first-order valence-electron chi connectivity index (χ1n) is 7.81.